The molecule has 0 bridgehead atoms. The van der Waals surface area contributed by atoms with E-state index in [1.54, 1.807) is 24.1 Å². The smallest absolute Gasteiger partial charge is 0.239 e. The summed E-state index contributed by atoms with van der Waals surface area (Å²) in [5.74, 6) is -0.364. The molecule has 0 saturated carbocycles. The van der Waals surface area contributed by atoms with Crippen molar-refractivity contribution >= 4 is 17.5 Å². The van der Waals surface area contributed by atoms with Crippen molar-refractivity contribution in [1.29, 1.82) is 0 Å². The first-order chi connectivity index (χ1) is 9.59. The van der Waals surface area contributed by atoms with Gasteiger partial charge in [-0.15, -0.1) is 0 Å². The van der Waals surface area contributed by atoms with Crippen LogP contribution < -0.4 is 5.32 Å². The van der Waals surface area contributed by atoms with Gasteiger partial charge in [-0.2, -0.15) is 0 Å². The maximum atomic E-state index is 13.7. The lowest BCUT2D eigenvalue weighted by Crippen LogP contribution is -2.44. The molecule has 0 aliphatic carbocycles. The summed E-state index contributed by atoms with van der Waals surface area (Å²) < 4.78 is 13.7. The highest BCUT2D eigenvalue weighted by molar-refractivity contribution is 6.31. The van der Waals surface area contributed by atoms with Gasteiger partial charge >= 0.3 is 0 Å². The molecular formula is C15H20ClFN2O. The minimum Gasteiger partial charge on any atom is -0.340 e. The van der Waals surface area contributed by atoms with Crippen LogP contribution in [-0.2, 0) is 11.3 Å². The SMILES string of the molecule is CN(Cc1c(F)cccc1Cl)C(=O)C1CCCCCN1. The molecule has 1 amide bonds. The molecule has 2 rings (SSSR count). The number of benzene rings is 1. The number of hydrogen-bond donors (Lipinski definition) is 1. The number of rotatable bonds is 3. The first kappa shape index (κ1) is 15.3. The molecule has 1 saturated heterocycles. The lowest BCUT2D eigenvalue weighted by Gasteiger charge is -2.24. The molecule has 20 heavy (non-hydrogen) atoms. The zero-order valence-electron chi connectivity index (χ0n) is 11.7. The Hall–Kier alpha value is -1.13. The quantitative estimate of drug-likeness (QED) is 0.930. The maximum Gasteiger partial charge on any atom is 0.239 e. The van der Waals surface area contributed by atoms with Gasteiger partial charge in [0.2, 0.25) is 5.91 Å². The van der Waals surface area contributed by atoms with Gasteiger partial charge in [0.05, 0.1) is 6.04 Å². The van der Waals surface area contributed by atoms with E-state index >= 15 is 0 Å². The second kappa shape index (κ2) is 7.04. The van der Waals surface area contributed by atoms with Gasteiger partial charge in [0, 0.05) is 24.2 Å². The number of likely N-dealkylation sites (N-methyl/N-ethyl adjacent to an activating group) is 1. The van der Waals surface area contributed by atoms with E-state index in [9.17, 15) is 9.18 Å². The molecular weight excluding hydrogens is 279 g/mol. The van der Waals surface area contributed by atoms with E-state index in [1.807, 2.05) is 0 Å². The van der Waals surface area contributed by atoms with Crippen molar-refractivity contribution in [2.24, 2.45) is 0 Å². The molecule has 1 heterocycles. The highest BCUT2D eigenvalue weighted by Crippen LogP contribution is 2.21. The predicted molar refractivity (Wildman–Crippen MR) is 78.1 cm³/mol. The van der Waals surface area contributed by atoms with E-state index in [2.05, 4.69) is 5.32 Å². The Morgan fingerprint density at radius 1 is 1.45 bits per heavy atom. The normalized spacial score (nSPS) is 19.4. The van der Waals surface area contributed by atoms with Crippen LogP contribution in [0.3, 0.4) is 0 Å². The van der Waals surface area contributed by atoms with Crippen molar-refractivity contribution in [3.8, 4) is 0 Å². The van der Waals surface area contributed by atoms with Crippen molar-refractivity contribution in [1.82, 2.24) is 10.2 Å². The van der Waals surface area contributed by atoms with E-state index in [4.69, 9.17) is 11.6 Å². The average Bonchev–Trinajstić information content (AvgIpc) is 2.71. The summed E-state index contributed by atoms with van der Waals surface area (Å²) in [5, 5.41) is 3.62. The van der Waals surface area contributed by atoms with Crippen molar-refractivity contribution in [3.63, 3.8) is 0 Å². The minimum absolute atomic E-state index is 0.00576. The van der Waals surface area contributed by atoms with Crippen LogP contribution in [0.15, 0.2) is 18.2 Å². The second-order valence-electron chi connectivity index (χ2n) is 5.25. The van der Waals surface area contributed by atoms with Gasteiger partial charge in [0.1, 0.15) is 5.82 Å². The maximum absolute atomic E-state index is 13.7. The number of amides is 1. The molecule has 0 radical (unpaired) electrons. The van der Waals surface area contributed by atoms with Gasteiger partial charge in [0.25, 0.3) is 0 Å². The second-order valence-corrected chi connectivity index (χ2v) is 5.66. The summed E-state index contributed by atoms with van der Waals surface area (Å²) in [4.78, 5) is 13.9. The predicted octanol–water partition coefficient (Wildman–Crippen LogP) is 2.97. The fraction of sp³-hybridized carbons (Fsp3) is 0.533. The first-order valence-electron chi connectivity index (χ1n) is 7.01. The molecule has 1 aromatic rings. The van der Waals surface area contributed by atoms with Crippen LogP contribution in [0.5, 0.6) is 0 Å². The third-order valence-electron chi connectivity index (χ3n) is 3.69. The lowest BCUT2D eigenvalue weighted by molar-refractivity contribution is -0.132. The Bertz CT molecular complexity index is 453. The standard InChI is InChI=1S/C15H20ClFN2O/c1-19(10-11-12(16)6-5-7-13(11)17)15(20)14-8-3-2-4-9-18-14/h5-7,14,18H,2-4,8-10H2,1H3. The van der Waals surface area contributed by atoms with Crippen LogP contribution >= 0.6 is 11.6 Å². The minimum atomic E-state index is -0.369. The lowest BCUT2D eigenvalue weighted by atomic mass is 10.1. The van der Waals surface area contributed by atoms with Crippen LogP contribution in [0.2, 0.25) is 5.02 Å². The molecule has 110 valence electrons. The van der Waals surface area contributed by atoms with Crippen molar-refractivity contribution in [3.05, 3.63) is 34.6 Å². The van der Waals surface area contributed by atoms with Crippen LogP contribution in [0.1, 0.15) is 31.2 Å². The van der Waals surface area contributed by atoms with Gasteiger partial charge in [-0.3, -0.25) is 4.79 Å². The molecule has 3 nitrogen and oxygen atoms in total. The summed E-state index contributed by atoms with van der Waals surface area (Å²) in [7, 11) is 1.69. The van der Waals surface area contributed by atoms with Crippen molar-refractivity contribution < 1.29 is 9.18 Å². The number of nitrogens with zero attached hydrogens (tertiary/aromatic N) is 1. The number of carbonyl (C=O) groups is 1. The van der Waals surface area contributed by atoms with E-state index < -0.39 is 0 Å². The van der Waals surface area contributed by atoms with Gasteiger partial charge in [-0.1, -0.05) is 30.5 Å². The topological polar surface area (TPSA) is 32.3 Å². The Morgan fingerprint density at radius 3 is 3.00 bits per heavy atom. The van der Waals surface area contributed by atoms with Gasteiger partial charge < -0.3 is 10.2 Å². The Kier molecular flexibility index (Phi) is 5.38. The first-order valence-corrected chi connectivity index (χ1v) is 7.38. The third kappa shape index (κ3) is 3.70. The Morgan fingerprint density at radius 2 is 2.25 bits per heavy atom. The summed E-state index contributed by atoms with van der Waals surface area (Å²) in [6.07, 6.45) is 4.15. The molecule has 1 unspecified atom stereocenters. The summed E-state index contributed by atoms with van der Waals surface area (Å²) >= 11 is 6.00. The summed E-state index contributed by atoms with van der Waals surface area (Å²) in [6.45, 7) is 1.06. The van der Waals surface area contributed by atoms with Gasteiger partial charge in [0.15, 0.2) is 0 Å². The summed E-state index contributed by atoms with van der Waals surface area (Å²) in [5.41, 5.74) is 0.374. The fourth-order valence-corrected chi connectivity index (χ4v) is 2.73. The van der Waals surface area contributed by atoms with E-state index in [0.717, 1.165) is 32.2 Å². The zero-order valence-corrected chi connectivity index (χ0v) is 12.4. The van der Waals surface area contributed by atoms with Crippen LogP contribution in [0.25, 0.3) is 0 Å². The highest BCUT2D eigenvalue weighted by Gasteiger charge is 2.23. The molecule has 1 aliphatic heterocycles. The molecule has 1 fully saturated rings. The largest absolute Gasteiger partial charge is 0.340 e. The van der Waals surface area contributed by atoms with E-state index in [-0.39, 0.29) is 24.3 Å². The average molecular weight is 299 g/mol. The van der Waals surface area contributed by atoms with Gasteiger partial charge in [-0.05, 0) is 31.5 Å². The monoisotopic (exact) mass is 298 g/mol. The Labute approximate surface area is 124 Å². The van der Waals surface area contributed by atoms with Crippen LogP contribution in [0.4, 0.5) is 4.39 Å². The molecule has 1 aromatic carbocycles. The molecule has 5 heteroatoms. The summed E-state index contributed by atoms with van der Waals surface area (Å²) in [6, 6.07) is 4.41. The molecule has 1 atom stereocenters. The van der Waals surface area contributed by atoms with Crippen molar-refractivity contribution in [2.45, 2.75) is 38.3 Å². The van der Waals surface area contributed by atoms with Crippen molar-refractivity contribution in [2.75, 3.05) is 13.6 Å². The highest BCUT2D eigenvalue weighted by atomic mass is 35.5. The number of hydrogen-bond acceptors (Lipinski definition) is 2. The zero-order chi connectivity index (χ0) is 14.5. The van der Waals surface area contributed by atoms with E-state index in [1.165, 1.54) is 6.07 Å². The molecule has 0 aromatic heterocycles. The molecule has 1 N–H and O–H groups in total. The number of halogens is 2. The van der Waals surface area contributed by atoms with Crippen LogP contribution in [0, 0.1) is 5.82 Å². The molecule has 1 aliphatic rings. The van der Waals surface area contributed by atoms with E-state index in [0.29, 0.717) is 10.6 Å². The number of carbonyl (C=O) groups excluding carboxylic acids is 1. The molecule has 0 spiro atoms. The number of nitrogens with one attached hydrogen (secondary N) is 1. The Balaban J connectivity index is 2.03. The fourth-order valence-electron chi connectivity index (χ4n) is 2.50. The van der Waals surface area contributed by atoms with Crippen LogP contribution in [-0.4, -0.2) is 30.4 Å². The third-order valence-corrected chi connectivity index (χ3v) is 4.05. The van der Waals surface area contributed by atoms with Gasteiger partial charge in [-0.25, -0.2) is 4.39 Å².